The van der Waals surface area contributed by atoms with Crippen molar-refractivity contribution in [2.24, 2.45) is 11.8 Å². The summed E-state index contributed by atoms with van der Waals surface area (Å²) in [5, 5.41) is 8.91. The summed E-state index contributed by atoms with van der Waals surface area (Å²) in [5.41, 5.74) is -1.16. The van der Waals surface area contributed by atoms with E-state index < -0.39 is 17.2 Å². The summed E-state index contributed by atoms with van der Waals surface area (Å²) in [6.07, 6.45) is -0.0271. The van der Waals surface area contributed by atoms with Crippen LogP contribution in [-0.2, 0) is 14.3 Å². The minimum atomic E-state index is -0.884. The minimum Gasteiger partial charge on any atom is -0.481 e. The summed E-state index contributed by atoms with van der Waals surface area (Å²) in [4.78, 5) is 22.5. The van der Waals surface area contributed by atoms with Gasteiger partial charge in [-0.25, -0.2) is 0 Å². The highest BCUT2D eigenvalue weighted by molar-refractivity contribution is 5.81. The molecule has 92 valence electrons. The quantitative estimate of drug-likeness (QED) is 0.801. The third-order valence-electron chi connectivity index (χ3n) is 3.40. The highest BCUT2D eigenvalue weighted by Gasteiger charge is 2.56. The van der Waals surface area contributed by atoms with Gasteiger partial charge < -0.3 is 9.84 Å². The molecule has 2 atom stereocenters. The van der Waals surface area contributed by atoms with Crippen LogP contribution < -0.4 is 0 Å². The van der Waals surface area contributed by atoms with E-state index in [1.807, 2.05) is 27.7 Å². The van der Waals surface area contributed by atoms with E-state index in [1.165, 1.54) is 6.92 Å². The Morgan fingerprint density at radius 3 is 2.06 bits per heavy atom. The van der Waals surface area contributed by atoms with Gasteiger partial charge in [0.25, 0.3) is 0 Å². The van der Waals surface area contributed by atoms with E-state index in [4.69, 9.17) is 9.84 Å². The first kappa shape index (κ1) is 13.2. The van der Waals surface area contributed by atoms with Crippen molar-refractivity contribution in [1.82, 2.24) is 0 Å². The molecule has 0 aromatic carbocycles. The SMILES string of the molecule is CC(=O)[C@H]1[C@H](CC(=O)O)C(C)(C)OC1(C)C. The molecule has 4 heteroatoms. The molecule has 0 amide bonds. The predicted molar refractivity (Wildman–Crippen MR) is 59.2 cm³/mol. The van der Waals surface area contributed by atoms with Crippen LogP contribution in [0.5, 0.6) is 0 Å². The summed E-state index contributed by atoms with van der Waals surface area (Å²) < 4.78 is 5.84. The van der Waals surface area contributed by atoms with E-state index in [1.54, 1.807) is 0 Å². The molecule has 1 N–H and O–H groups in total. The zero-order valence-electron chi connectivity index (χ0n) is 10.5. The van der Waals surface area contributed by atoms with Gasteiger partial charge in [-0.15, -0.1) is 0 Å². The fraction of sp³-hybridized carbons (Fsp3) is 0.833. The number of carboxylic acid groups (broad SMARTS) is 1. The first-order chi connectivity index (χ1) is 7.08. The summed E-state index contributed by atoms with van der Waals surface area (Å²) in [7, 11) is 0. The van der Waals surface area contributed by atoms with E-state index in [-0.39, 0.29) is 24.0 Å². The van der Waals surface area contributed by atoms with Gasteiger partial charge in [-0.05, 0) is 34.6 Å². The second-order valence-electron chi connectivity index (χ2n) is 5.60. The predicted octanol–water partition coefficient (Wildman–Crippen LogP) is 1.87. The maximum atomic E-state index is 11.7. The molecule has 0 bridgehead atoms. The molecule has 4 nitrogen and oxygen atoms in total. The van der Waals surface area contributed by atoms with Gasteiger partial charge in [-0.2, -0.15) is 0 Å². The fourth-order valence-electron chi connectivity index (χ4n) is 3.03. The molecular formula is C12H20O4. The van der Waals surface area contributed by atoms with Crippen LogP contribution in [0.15, 0.2) is 0 Å². The van der Waals surface area contributed by atoms with Gasteiger partial charge in [0.05, 0.1) is 23.5 Å². The normalized spacial score (nSPS) is 31.3. The highest BCUT2D eigenvalue weighted by Crippen LogP contribution is 2.48. The Morgan fingerprint density at radius 1 is 1.19 bits per heavy atom. The Hall–Kier alpha value is -0.900. The Morgan fingerprint density at radius 2 is 1.69 bits per heavy atom. The first-order valence-corrected chi connectivity index (χ1v) is 5.50. The minimum absolute atomic E-state index is 0.00169. The zero-order chi connectivity index (χ0) is 12.7. The van der Waals surface area contributed by atoms with Crippen LogP contribution in [0, 0.1) is 11.8 Å². The second kappa shape index (κ2) is 3.84. The number of Topliss-reactive ketones (excluding diaryl/α,β-unsaturated/α-hetero) is 1. The van der Waals surface area contributed by atoms with Crippen molar-refractivity contribution in [2.75, 3.05) is 0 Å². The lowest BCUT2D eigenvalue weighted by molar-refractivity contribution is -0.140. The van der Waals surface area contributed by atoms with Crippen LogP contribution in [-0.4, -0.2) is 28.1 Å². The Balaban J connectivity index is 3.08. The highest BCUT2D eigenvalue weighted by atomic mass is 16.5. The molecule has 0 aromatic rings. The third-order valence-corrected chi connectivity index (χ3v) is 3.40. The molecule has 1 aliphatic rings. The Bertz CT molecular complexity index is 317. The molecule has 1 saturated heterocycles. The molecule has 0 aliphatic carbocycles. The summed E-state index contributed by atoms with van der Waals surface area (Å²) in [6.45, 7) is 8.91. The second-order valence-corrected chi connectivity index (χ2v) is 5.60. The molecule has 1 heterocycles. The van der Waals surface area contributed by atoms with Gasteiger partial charge in [-0.3, -0.25) is 9.59 Å². The number of carbonyl (C=O) groups is 2. The van der Waals surface area contributed by atoms with Crippen molar-refractivity contribution in [3.8, 4) is 0 Å². The molecule has 1 fully saturated rings. The monoisotopic (exact) mass is 228 g/mol. The smallest absolute Gasteiger partial charge is 0.303 e. The molecule has 0 unspecified atom stereocenters. The van der Waals surface area contributed by atoms with Crippen molar-refractivity contribution in [2.45, 2.75) is 52.2 Å². The van der Waals surface area contributed by atoms with Gasteiger partial charge in [0.1, 0.15) is 5.78 Å². The number of ether oxygens (including phenoxy) is 1. The Labute approximate surface area is 96.0 Å². The molecule has 0 radical (unpaired) electrons. The average Bonchev–Trinajstić information content (AvgIpc) is 2.14. The number of aliphatic carboxylic acids is 1. The van der Waals surface area contributed by atoms with Gasteiger partial charge in [0.2, 0.25) is 0 Å². The number of hydrogen-bond acceptors (Lipinski definition) is 3. The molecule has 1 aliphatic heterocycles. The molecule has 0 spiro atoms. The van der Waals surface area contributed by atoms with Crippen LogP contribution in [0.2, 0.25) is 0 Å². The van der Waals surface area contributed by atoms with Crippen molar-refractivity contribution in [3.63, 3.8) is 0 Å². The first-order valence-electron chi connectivity index (χ1n) is 5.50. The molecule has 0 aromatic heterocycles. The summed E-state index contributed by atoms with van der Waals surface area (Å²) in [5.74, 6) is -1.50. The van der Waals surface area contributed by atoms with Gasteiger partial charge >= 0.3 is 5.97 Å². The van der Waals surface area contributed by atoms with Crippen LogP contribution in [0.25, 0.3) is 0 Å². The van der Waals surface area contributed by atoms with E-state index in [0.29, 0.717) is 0 Å². The van der Waals surface area contributed by atoms with Gasteiger partial charge in [0, 0.05) is 5.92 Å². The summed E-state index contributed by atoms with van der Waals surface area (Å²) >= 11 is 0. The lowest BCUT2D eigenvalue weighted by Crippen LogP contribution is -2.36. The van der Waals surface area contributed by atoms with Crippen molar-refractivity contribution in [1.29, 1.82) is 0 Å². The summed E-state index contributed by atoms with van der Waals surface area (Å²) in [6, 6.07) is 0. The average molecular weight is 228 g/mol. The lowest BCUT2D eigenvalue weighted by atomic mass is 9.73. The number of ketones is 1. The lowest BCUT2D eigenvalue weighted by Gasteiger charge is -2.26. The van der Waals surface area contributed by atoms with E-state index in [2.05, 4.69) is 0 Å². The number of carboxylic acids is 1. The van der Waals surface area contributed by atoms with Crippen LogP contribution in [0.1, 0.15) is 41.0 Å². The van der Waals surface area contributed by atoms with Crippen LogP contribution >= 0.6 is 0 Å². The van der Waals surface area contributed by atoms with Crippen LogP contribution in [0.4, 0.5) is 0 Å². The van der Waals surface area contributed by atoms with Crippen molar-refractivity contribution in [3.05, 3.63) is 0 Å². The third kappa shape index (κ3) is 2.26. The van der Waals surface area contributed by atoms with E-state index in [0.717, 1.165) is 0 Å². The van der Waals surface area contributed by atoms with Gasteiger partial charge in [0.15, 0.2) is 0 Å². The van der Waals surface area contributed by atoms with E-state index in [9.17, 15) is 9.59 Å². The molecule has 16 heavy (non-hydrogen) atoms. The van der Waals surface area contributed by atoms with Crippen LogP contribution in [0.3, 0.4) is 0 Å². The number of hydrogen-bond donors (Lipinski definition) is 1. The zero-order valence-corrected chi connectivity index (χ0v) is 10.5. The molecule has 0 saturated carbocycles. The number of rotatable bonds is 3. The van der Waals surface area contributed by atoms with Crippen molar-refractivity contribution >= 4 is 11.8 Å². The fourth-order valence-corrected chi connectivity index (χ4v) is 3.03. The topological polar surface area (TPSA) is 63.6 Å². The maximum Gasteiger partial charge on any atom is 0.303 e. The van der Waals surface area contributed by atoms with E-state index >= 15 is 0 Å². The van der Waals surface area contributed by atoms with Gasteiger partial charge in [-0.1, -0.05) is 0 Å². The Kier molecular flexibility index (Phi) is 3.16. The largest absolute Gasteiger partial charge is 0.481 e. The number of carbonyl (C=O) groups excluding carboxylic acids is 1. The molecular weight excluding hydrogens is 208 g/mol. The molecule has 1 rings (SSSR count). The standard InChI is InChI=1S/C12H20O4/c1-7(13)10-8(6-9(14)15)11(2,3)16-12(10,4)5/h8,10H,6H2,1-5H3,(H,14,15)/t8-,10-/m0/s1. The maximum absolute atomic E-state index is 11.7. The van der Waals surface area contributed by atoms with Crippen molar-refractivity contribution < 1.29 is 19.4 Å².